The van der Waals surface area contributed by atoms with Gasteiger partial charge in [0.1, 0.15) is 5.75 Å². The fourth-order valence-electron chi connectivity index (χ4n) is 3.51. The summed E-state index contributed by atoms with van der Waals surface area (Å²) in [5, 5.41) is 14.7. The van der Waals surface area contributed by atoms with Crippen LogP contribution in [0.5, 0.6) is 5.75 Å². The topological polar surface area (TPSA) is 107 Å². The van der Waals surface area contributed by atoms with E-state index in [0.29, 0.717) is 28.4 Å². The molecule has 0 atom stereocenters. The molecule has 0 radical (unpaired) electrons. The van der Waals surface area contributed by atoms with E-state index in [-0.39, 0.29) is 11.3 Å². The van der Waals surface area contributed by atoms with Gasteiger partial charge in [-0.25, -0.2) is 4.52 Å². The van der Waals surface area contributed by atoms with Crippen molar-refractivity contribution in [3.63, 3.8) is 0 Å². The van der Waals surface area contributed by atoms with Gasteiger partial charge in [0.15, 0.2) is 0 Å². The normalized spacial score (nSPS) is 14.2. The number of nitrogen functional groups attached to an aromatic ring is 1. The highest BCUT2D eigenvalue weighted by atomic mass is 16.3. The number of aromatic nitrogens is 2. The number of carbonyl (C=O) groups excluding carboxylic acids is 1. The number of nitrogens with zero attached hydrogens (tertiary/aromatic N) is 2. The summed E-state index contributed by atoms with van der Waals surface area (Å²) in [6, 6.07) is 5.42. The van der Waals surface area contributed by atoms with Gasteiger partial charge >= 0.3 is 0 Å². The number of primary amides is 1. The maximum atomic E-state index is 12.1. The largest absolute Gasteiger partial charge is 0.508 e. The third-order valence-electron chi connectivity index (χ3n) is 5.02. The molecule has 128 valence electrons. The molecule has 1 aliphatic rings. The Morgan fingerprint density at radius 3 is 2.68 bits per heavy atom. The van der Waals surface area contributed by atoms with E-state index in [1.807, 2.05) is 32.2 Å². The highest BCUT2D eigenvalue weighted by Crippen LogP contribution is 2.43. The van der Waals surface area contributed by atoms with Gasteiger partial charge in [-0.15, -0.1) is 0 Å². The summed E-state index contributed by atoms with van der Waals surface area (Å²) in [6.45, 7) is 3.75. The van der Waals surface area contributed by atoms with E-state index in [2.05, 4.69) is 5.10 Å². The minimum Gasteiger partial charge on any atom is -0.508 e. The lowest BCUT2D eigenvalue weighted by Gasteiger charge is -2.12. The van der Waals surface area contributed by atoms with Gasteiger partial charge in [0.2, 0.25) is 0 Å². The third kappa shape index (κ3) is 2.25. The number of phenolic OH excluding ortho intramolecular Hbond substituents is 1. The summed E-state index contributed by atoms with van der Waals surface area (Å²) in [5.74, 6) is 0.0960. The van der Waals surface area contributed by atoms with E-state index in [1.165, 1.54) is 0 Å². The first kappa shape index (κ1) is 15.5. The maximum Gasteiger partial charge on any atom is 0.253 e. The highest BCUT2D eigenvalue weighted by Gasteiger charge is 2.28. The predicted octanol–water partition coefficient (Wildman–Crippen LogP) is 2.88. The molecule has 4 rings (SSSR count). The summed E-state index contributed by atoms with van der Waals surface area (Å²) in [7, 11) is 0. The second kappa shape index (κ2) is 5.24. The lowest BCUT2D eigenvalue weighted by atomic mass is 9.98. The Morgan fingerprint density at radius 2 is 2.04 bits per heavy atom. The lowest BCUT2D eigenvalue weighted by Crippen LogP contribution is -2.12. The van der Waals surface area contributed by atoms with Crippen LogP contribution in [0.1, 0.15) is 45.8 Å². The monoisotopic (exact) mass is 336 g/mol. The molecule has 0 spiro atoms. The predicted molar refractivity (Wildman–Crippen MR) is 96.7 cm³/mol. The Bertz CT molecular complexity index is 1030. The van der Waals surface area contributed by atoms with Crippen molar-refractivity contribution >= 4 is 17.1 Å². The Morgan fingerprint density at radius 1 is 1.32 bits per heavy atom. The van der Waals surface area contributed by atoms with Gasteiger partial charge in [-0.3, -0.25) is 4.79 Å². The zero-order valence-corrected chi connectivity index (χ0v) is 14.2. The Kier molecular flexibility index (Phi) is 3.25. The average Bonchev–Trinajstić information content (AvgIpc) is 3.36. The van der Waals surface area contributed by atoms with Crippen LogP contribution in [-0.4, -0.2) is 20.6 Å². The summed E-state index contributed by atoms with van der Waals surface area (Å²) >= 11 is 0. The van der Waals surface area contributed by atoms with Crippen LogP contribution in [0, 0.1) is 13.8 Å². The van der Waals surface area contributed by atoms with Crippen LogP contribution >= 0.6 is 0 Å². The maximum absolute atomic E-state index is 12.1. The van der Waals surface area contributed by atoms with Crippen LogP contribution in [0.15, 0.2) is 24.4 Å². The molecule has 2 heterocycles. The second-order valence-electron chi connectivity index (χ2n) is 6.76. The molecule has 0 aliphatic heterocycles. The zero-order valence-electron chi connectivity index (χ0n) is 14.2. The van der Waals surface area contributed by atoms with Crippen molar-refractivity contribution < 1.29 is 9.90 Å². The molecular formula is C19H20N4O2. The minimum absolute atomic E-state index is 0.171. The van der Waals surface area contributed by atoms with Gasteiger partial charge in [-0.2, -0.15) is 5.10 Å². The van der Waals surface area contributed by atoms with Crippen molar-refractivity contribution in [1.29, 1.82) is 0 Å². The number of nitrogens with two attached hydrogens (primary N) is 2. The molecule has 1 saturated carbocycles. The van der Waals surface area contributed by atoms with Gasteiger partial charge in [0.25, 0.3) is 5.91 Å². The van der Waals surface area contributed by atoms with Crippen molar-refractivity contribution in [3.05, 3.63) is 46.6 Å². The molecule has 25 heavy (non-hydrogen) atoms. The number of phenols is 1. The van der Waals surface area contributed by atoms with E-state index >= 15 is 0 Å². The fourth-order valence-corrected chi connectivity index (χ4v) is 3.51. The van der Waals surface area contributed by atoms with Crippen LogP contribution in [0.25, 0.3) is 16.8 Å². The van der Waals surface area contributed by atoms with E-state index < -0.39 is 5.91 Å². The lowest BCUT2D eigenvalue weighted by molar-refractivity contribution is 0.100. The first-order chi connectivity index (χ1) is 11.9. The number of hydrogen-bond donors (Lipinski definition) is 3. The number of amides is 1. The molecule has 0 bridgehead atoms. The molecule has 0 saturated heterocycles. The standard InChI is InChI=1S/C19H20N4O2/c1-9-3-6-14(24)10(2)15(9)18-17(20)16(19(21)25)13-7-12(11-4-5-11)8-22-23(13)18/h3,6-8,11,24H,4-5,20H2,1-2H3,(H2,21,25). The first-order valence-electron chi connectivity index (χ1n) is 8.29. The van der Waals surface area contributed by atoms with Crippen molar-refractivity contribution in [1.82, 2.24) is 9.61 Å². The molecule has 1 amide bonds. The van der Waals surface area contributed by atoms with Crippen LogP contribution in [0.3, 0.4) is 0 Å². The Balaban J connectivity index is 2.10. The van der Waals surface area contributed by atoms with E-state index in [1.54, 1.807) is 10.6 Å². The molecule has 1 fully saturated rings. The molecule has 1 aliphatic carbocycles. The molecule has 0 unspecified atom stereocenters. The van der Waals surface area contributed by atoms with E-state index in [0.717, 1.165) is 29.5 Å². The number of fused-ring (bicyclic) bond motifs is 1. The van der Waals surface area contributed by atoms with Gasteiger partial charge in [0, 0.05) is 11.1 Å². The molecular weight excluding hydrogens is 316 g/mol. The van der Waals surface area contributed by atoms with Crippen molar-refractivity contribution in [3.8, 4) is 17.0 Å². The molecule has 1 aromatic carbocycles. The fraction of sp³-hybridized carbons (Fsp3) is 0.263. The number of benzene rings is 1. The molecule has 5 N–H and O–H groups in total. The molecule has 6 nitrogen and oxygen atoms in total. The van der Waals surface area contributed by atoms with Crippen LogP contribution < -0.4 is 11.5 Å². The van der Waals surface area contributed by atoms with Crippen molar-refractivity contribution in [2.75, 3.05) is 5.73 Å². The molecule has 6 heteroatoms. The van der Waals surface area contributed by atoms with Crippen LogP contribution in [0.4, 0.5) is 5.69 Å². The summed E-state index contributed by atoms with van der Waals surface area (Å²) < 4.78 is 1.66. The number of hydrogen-bond acceptors (Lipinski definition) is 4. The SMILES string of the molecule is Cc1ccc(O)c(C)c1-c1c(N)c(C(N)=O)c2cc(C3CC3)cnn12. The average molecular weight is 336 g/mol. The van der Waals surface area contributed by atoms with Crippen molar-refractivity contribution in [2.45, 2.75) is 32.6 Å². The molecule has 3 aromatic rings. The number of carbonyl (C=O) groups is 1. The smallest absolute Gasteiger partial charge is 0.253 e. The quantitative estimate of drug-likeness (QED) is 0.683. The van der Waals surface area contributed by atoms with E-state index in [9.17, 15) is 9.90 Å². The van der Waals surface area contributed by atoms with Gasteiger partial charge in [-0.05, 0) is 55.9 Å². The first-order valence-corrected chi connectivity index (χ1v) is 8.29. The van der Waals surface area contributed by atoms with Crippen LogP contribution in [-0.2, 0) is 0 Å². The number of aryl methyl sites for hydroxylation is 1. The summed E-state index contributed by atoms with van der Waals surface area (Å²) in [6.07, 6.45) is 4.10. The number of aromatic hydroxyl groups is 1. The molecule has 2 aromatic heterocycles. The van der Waals surface area contributed by atoms with Gasteiger partial charge in [-0.1, -0.05) is 6.07 Å². The zero-order chi connectivity index (χ0) is 17.9. The third-order valence-corrected chi connectivity index (χ3v) is 5.02. The highest BCUT2D eigenvalue weighted by molar-refractivity contribution is 6.09. The second-order valence-corrected chi connectivity index (χ2v) is 6.76. The Labute approximate surface area is 145 Å². The minimum atomic E-state index is -0.577. The summed E-state index contributed by atoms with van der Waals surface area (Å²) in [4.78, 5) is 12.1. The van der Waals surface area contributed by atoms with Crippen LogP contribution in [0.2, 0.25) is 0 Å². The number of anilines is 1. The number of rotatable bonds is 3. The Hall–Kier alpha value is -3.02. The summed E-state index contributed by atoms with van der Waals surface area (Å²) in [5.41, 5.74) is 17.2. The van der Waals surface area contributed by atoms with E-state index in [4.69, 9.17) is 11.5 Å². The van der Waals surface area contributed by atoms with Gasteiger partial charge in [0.05, 0.1) is 28.7 Å². The van der Waals surface area contributed by atoms with Gasteiger partial charge < -0.3 is 16.6 Å². The van der Waals surface area contributed by atoms with Crippen molar-refractivity contribution in [2.24, 2.45) is 5.73 Å².